The quantitative estimate of drug-likeness (QED) is 0.618. The average molecular weight is 451 g/mol. The number of anilines is 1. The minimum atomic E-state index is -0.689. The second-order valence-electron chi connectivity index (χ2n) is 10.4. The molecule has 2 saturated heterocycles. The molecule has 176 valence electrons. The summed E-state index contributed by atoms with van der Waals surface area (Å²) >= 11 is 0. The van der Waals surface area contributed by atoms with Gasteiger partial charge < -0.3 is 14.4 Å². The topological polar surface area (TPSA) is 59.1 Å². The molecule has 0 spiro atoms. The van der Waals surface area contributed by atoms with E-state index in [1.807, 2.05) is 37.3 Å². The fraction of sp³-hybridized carbons (Fsp3) is 0.630. The number of hydrogen-bond acceptors (Lipinski definition) is 5. The van der Waals surface area contributed by atoms with Gasteiger partial charge in [0.2, 0.25) is 11.8 Å². The molecule has 1 aromatic carbocycles. The second kappa shape index (κ2) is 7.67. The minimum absolute atomic E-state index is 0.0298. The highest BCUT2D eigenvalue weighted by atomic mass is 16.5. The lowest BCUT2D eigenvalue weighted by atomic mass is 9.62. The Morgan fingerprint density at radius 2 is 1.82 bits per heavy atom. The number of carbonyl (C=O) groups is 2. The Labute approximate surface area is 195 Å². The van der Waals surface area contributed by atoms with Crippen molar-refractivity contribution in [1.29, 1.82) is 0 Å². The molecule has 2 heterocycles. The second-order valence-corrected chi connectivity index (χ2v) is 10.4. The summed E-state index contributed by atoms with van der Waals surface area (Å²) in [4.78, 5) is 32.1. The normalized spacial score (nSPS) is 39.3. The van der Waals surface area contributed by atoms with Crippen molar-refractivity contribution in [3.05, 3.63) is 42.1 Å². The van der Waals surface area contributed by atoms with Crippen LogP contribution in [0.1, 0.15) is 45.4 Å². The van der Waals surface area contributed by atoms with Crippen molar-refractivity contribution in [2.75, 3.05) is 31.8 Å². The molecule has 2 aliphatic heterocycles. The lowest BCUT2D eigenvalue weighted by Gasteiger charge is -2.46. The third kappa shape index (κ3) is 2.62. The molecular weight excluding hydrogens is 416 g/mol. The van der Waals surface area contributed by atoms with Crippen molar-refractivity contribution in [3.8, 4) is 0 Å². The fourth-order valence-corrected chi connectivity index (χ4v) is 8.24. The van der Waals surface area contributed by atoms with E-state index < -0.39 is 11.5 Å². The van der Waals surface area contributed by atoms with Gasteiger partial charge in [0.15, 0.2) is 0 Å². The third-order valence-corrected chi connectivity index (χ3v) is 9.14. The lowest BCUT2D eigenvalue weighted by Crippen LogP contribution is -2.48. The van der Waals surface area contributed by atoms with E-state index in [4.69, 9.17) is 9.47 Å². The molecule has 6 nitrogen and oxygen atoms in total. The molecule has 0 unspecified atom stereocenters. The summed E-state index contributed by atoms with van der Waals surface area (Å²) in [7, 11) is 1.77. The van der Waals surface area contributed by atoms with E-state index in [0.29, 0.717) is 24.9 Å². The van der Waals surface area contributed by atoms with Crippen LogP contribution in [0.15, 0.2) is 42.1 Å². The minimum Gasteiger partial charge on any atom is -0.383 e. The van der Waals surface area contributed by atoms with Crippen LogP contribution < -0.4 is 4.90 Å². The van der Waals surface area contributed by atoms with Gasteiger partial charge in [-0.1, -0.05) is 31.0 Å². The first-order valence-corrected chi connectivity index (χ1v) is 12.7. The number of carbonyl (C=O) groups excluding carboxylic acids is 2. The number of amides is 2. The highest BCUT2D eigenvalue weighted by Gasteiger charge is 2.80. The van der Waals surface area contributed by atoms with E-state index in [9.17, 15) is 9.59 Å². The Bertz CT molecular complexity index is 993. The van der Waals surface area contributed by atoms with E-state index in [0.717, 1.165) is 45.1 Å². The first-order chi connectivity index (χ1) is 16.1. The molecule has 2 saturated carbocycles. The van der Waals surface area contributed by atoms with Crippen LogP contribution >= 0.6 is 0 Å². The first-order valence-electron chi connectivity index (χ1n) is 12.7. The Hall–Kier alpha value is -2.18. The van der Waals surface area contributed by atoms with Crippen LogP contribution in [0, 0.1) is 23.2 Å². The van der Waals surface area contributed by atoms with E-state index >= 15 is 0 Å². The monoisotopic (exact) mass is 450 g/mol. The molecule has 6 atom stereocenters. The molecule has 6 rings (SSSR count). The summed E-state index contributed by atoms with van der Waals surface area (Å²) in [5.41, 5.74) is 0.949. The van der Waals surface area contributed by atoms with Gasteiger partial charge in [0.25, 0.3) is 0 Å². The number of hydrogen-bond donors (Lipinski definition) is 0. The maximum absolute atomic E-state index is 14.1. The number of nitrogens with zero attached hydrogens (tertiary/aromatic N) is 2. The molecule has 5 aliphatic rings. The number of ether oxygens (including phenoxy) is 2. The number of imide groups is 1. The number of likely N-dealkylation sites (tertiary alicyclic amines) is 1. The Morgan fingerprint density at radius 1 is 1.03 bits per heavy atom. The van der Waals surface area contributed by atoms with Gasteiger partial charge in [-0.3, -0.25) is 9.59 Å². The molecule has 33 heavy (non-hydrogen) atoms. The predicted molar refractivity (Wildman–Crippen MR) is 124 cm³/mol. The number of benzene rings is 1. The zero-order valence-electron chi connectivity index (χ0n) is 19.7. The summed E-state index contributed by atoms with van der Waals surface area (Å²) in [6.07, 6.45) is 8.73. The Balaban J connectivity index is 1.51. The van der Waals surface area contributed by atoms with Crippen LogP contribution in [-0.4, -0.2) is 55.2 Å². The van der Waals surface area contributed by atoms with Gasteiger partial charge in [-0.05, 0) is 50.8 Å². The summed E-state index contributed by atoms with van der Waals surface area (Å²) < 4.78 is 12.2. The maximum Gasteiger partial charge on any atom is 0.240 e. The zero-order chi connectivity index (χ0) is 22.8. The summed E-state index contributed by atoms with van der Waals surface area (Å²) in [6.45, 7) is 4.22. The molecule has 1 aromatic rings. The molecule has 0 N–H and O–H groups in total. The molecule has 2 bridgehead atoms. The summed E-state index contributed by atoms with van der Waals surface area (Å²) in [6, 6.07) is 9.76. The van der Waals surface area contributed by atoms with E-state index in [1.54, 1.807) is 7.11 Å². The maximum atomic E-state index is 14.1. The largest absolute Gasteiger partial charge is 0.383 e. The number of methoxy groups -OCH3 is 1. The van der Waals surface area contributed by atoms with Crippen molar-refractivity contribution >= 4 is 17.5 Å². The lowest BCUT2D eigenvalue weighted by molar-refractivity contribution is -0.131. The number of fused-ring (bicyclic) bond motifs is 2. The standard InChI is InChI=1S/C27H34N2O4/c1-3-33-27-16-21(28-15-9-12-19(28)17-32-2)26(14-8-7-13-20(26)27)22-23(27)25(31)29(24(22)30)18-10-5-4-6-11-18/h4-6,10-11,16,19-20,22-23H,3,7-9,12-15,17H2,1-2H3/t19-,20+,22-,23+,26+,27-/m0/s1. The van der Waals surface area contributed by atoms with E-state index in [2.05, 4.69) is 11.0 Å². The summed E-state index contributed by atoms with van der Waals surface area (Å²) in [5, 5.41) is 0. The predicted octanol–water partition coefficient (Wildman–Crippen LogP) is 3.77. The highest BCUT2D eigenvalue weighted by Crippen LogP contribution is 2.74. The van der Waals surface area contributed by atoms with Crippen molar-refractivity contribution in [2.24, 2.45) is 23.2 Å². The Kier molecular flexibility index (Phi) is 4.97. The van der Waals surface area contributed by atoms with Crippen LogP contribution in [0.5, 0.6) is 0 Å². The van der Waals surface area contributed by atoms with Crippen LogP contribution in [0.25, 0.3) is 0 Å². The fourth-order valence-electron chi connectivity index (χ4n) is 8.24. The molecule has 2 amide bonds. The van der Waals surface area contributed by atoms with Crippen LogP contribution in [-0.2, 0) is 19.1 Å². The van der Waals surface area contributed by atoms with E-state index in [-0.39, 0.29) is 29.1 Å². The molecule has 0 radical (unpaired) electrons. The highest BCUT2D eigenvalue weighted by molar-refractivity contribution is 6.23. The number of allylic oxidation sites excluding steroid dienone is 1. The van der Waals surface area contributed by atoms with Gasteiger partial charge in [-0.25, -0.2) is 4.90 Å². The third-order valence-electron chi connectivity index (χ3n) is 9.14. The smallest absolute Gasteiger partial charge is 0.240 e. The summed E-state index contributed by atoms with van der Waals surface area (Å²) in [5.74, 6) is -0.689. The van der Waals surface area contributed by atoms with Crippen LogP contribution in [0.2, 0.25) is 0 Å². The van der Waals surface area contributed by atoms with Gasteiger partial charge in [-0.2, -0.15) is 0 Å². The molecular formula is C27H34N2O4. The van der Waals surface area contributed by atoms with Gasteiger partial charge in [0.05, 0.1) is 30.2 Å². The first kappa shape index (κ1) is 21.4. The SMILES string of the molecule is CCO[C@@]12C=C(N3CCC[C@H]3COC)[C@]3(CCCC[C@@H]13)[C@@H]1C(=O)N(c3ccccc3)C(=O)[C@@H]12. The van der Waals surface area contributed by atoms with Crippen molar-refractivity contribution in [1.82, 2.24) is 4.90 Å². The molecule has 3 aliphatic carbocycles. The van der Waals surface area contributed by atoms with Crippen LogP contribution in [0.3, 0.4) is 0 Å². The van der Waals surface area contributed by atoms with Crippen molar-refractivity contribution < 1.29 is 19.1 Å². The average Bonchev–Trinajstić information content (AvgIpc) is 3.53. The molecule has 6 heteroatoms. The number of rotatable bonds is 6. The van der Waals surface area contributed by atoms with Gasteiger partial charge in [0, 0.05) is 37.3 Å². The molecule has 0 aromatic heterocycles. The van der Waals surface area contributed by atoms with Gasteiger partial charge in [-0.15, -0.1) is 0 Å². The number of para-hydroxylation sites is 1. The van der Waals surface area contributed by atoms with Gasteiger partial charge >= 0.3 is 0 Å². The van der Waals surface area contributed by atoms with Gasteiger partial charge in [0.1, 0.15) is 5.60 Å². The van der Waals surface area contributed by atoms with E-state index in [1.165, 1.54) is 10.6 Å². The zero-order valence-corrected chi connectivity index (χ0v) is 19.7. The van der Waals surface area contributed by atoms with Crippen LogP contribution in [0.4, 0.5) is 5.69 Å². The van der Waals surface area contributed by atoms with Crippen molar-refractivity contribution in [2.45, 2.75) is 57.1 Å². The van der Waals surface area contributed by atoms with Crippen molar-refractivity contribution in [3.63, 3.8) is 0 Å². The Morgan fingerprint density at radius 3 is 2.58 bits per heavy atom. The molecule has 4 fully saturated rings.